The minimum atomic E-state index is -0.954. The van der Waals surface area contributed by atoms with Gasteiger partial charge in [-0.05, 0) is 17.5 Å². The first-order valence-corrected chi connectivity index (χ1v) is 6.71. The number of aromatic nitrogens is 1. The lowest BCUT2D eigenvalue weighted by Crippen LogP contribution is -2.49. The van der Waals surface area contributed by atoms with E-state index in [0.29, 0.717) is 18.5 Å². The Hall–Kier alpha value is -2.17. The van der Waals surface area contributed by atoms with Crippen LogP contribution in [0, 0.1) is 5.92 Å². The summed E-state index contributed by atoms with van der Waals surface area (Å²) in [5.41, 5.74) is 3.44. The highest BCUT2D eigenvalue weighted by molar-refractivity contribution is 6.22. The molecule has 0 spiro atoms. The van der Waals surface area contributed by atoms with Gasteiger partial charge >= 0.3 is 5.97 Å². The van der Waals surface area contributed by atoms with Crippen LogP contribution in [0.15, 0.2) is 18.3 Å². The zero-order valence-corrected chi connectivity index (χ0v) is 11.5. The first-order chi connectivity index (χ1) is 9.50. The summed E-state index contributed by atoms with van der Waals surface area (Å²) in [6.07, 6.45) is 4.23. The van der Waals surface area contributed by atoms with Gasteiger partial charge in [0, 0.05) is 30.3 Å². The number of allylic oxidation sites excluding steroid dienone is 1. The zero-order chi connectivity index (χ0) is 14.4. The number of rotatable bonds is 3. The van der Waals surface area contributed by atoms with Crippen LogP contribution in [0.3, 0.4) is 0 Å². The second-order valence-electron chi connectivity index (χ2n) is 5.57. The van der Waals surface area contributed by atoms with Crippen molar-refractivity contribution in [2.75, 3.05) is 0 Å². The predicted molar refractivity (Wildman–Crippen MR) is 72.7 cm³/mol. The highest BCUT2D eigenvalue weighted by Crippen LogP contribution is 2.36. The summed E-state index contributed by atoms with van der Waals surface area (Å²) < 4.78 is 0. The molecule has 2 aliphatic rings. The molecule has 0 radical (unpaired) electrons. The lowest BCUT2D eigenvalue weighted by atomic mass is 9.93. The van der Waals surface area contributed by atoms with Crippen molar-refractivity contribution in [1.82, 2.24) is 9.88 Å². The molecule has 1 N–H and O–H groups in total. The number of carbonyl (C=O) groups is 2. The summed E-state index contributed by atoms with van der Waals surface area (Å²) >= 11 is 0. The van der Waals surface area contributed by atoms with Gasteiger partial charge in [0.2, 0.25) is 0 Å². The molecule has 1 aliphatic heterocycles. The van der Waals surface area contributed by atoms with E-state index >= 15 is 0 Å². The minimum Gasteiger partial charge on any atom is -0.480 e. The van der Waals surface area contributed by atoms with Crippen LogP contribution in [-0.4, -0.2) is 32.9 Å². The van der Waals surface area contributed by atoms with E-state index < -0.39 is 12.0 Å². The van der Waals surface area contributed by atoms with Crippen molar-refractivity contribution in [3.8, 4) is 0 Å². The largest absolute Gasteiger partial charge is 0.480 e. The number of aliphatic carboxylic acids is 1. The number of pyridine rings is 1. The second-order valence-corrected chi connectivity index (χ2v) is 5.57. The molecule has 1 aliphatic carbocycles. The van der Waals surface area contributed by atoms with Gasteiger partial charge in [-0.25, -0.2) is 4.79 Å². The standard InChI is InChI=1S/C15H16N2O3/c1-8(2)13(15(19)20)17-7-9-5-6-16-11-4-3-10(12(9)11)14(17)18/h3,5-6,8,13H,4,7H2,1-2H3,(H,19,20)/t13-/m1/s1. The van der Waals surface area contributed by atoms with Gasteiger partial charge in [-0.2, -0.15) is 0 Å². The predicted octanol–water partition coefficient (Wildman–Crippen LogP) is 1.47. The lowest BCUT2D eigenvalue weighted by molar-refractivity contribution is -0.150. The number of carboxylic acids is 1. The summed E-state index contributed by atoms with van der Waals surface area (Å²) in [5, 5.41) is 9.41. The fourth-order valence-electron chi connectivity index (χ4n) is 3.07. The number of hydrogen-bond acceptors (Lipinski definition) is 3. The van der Waals surface area contributed by atoms with E-state index in [0.717, 1.165) is 16.8 Å². The van der Waals surface area contributed by atoms with Crippen LogP contribution in [0.2, 0.25) is 0 Å². The number of nitrogens with zero attached hydrogens (tertiary/aromatic N) is 2. The molecule has 20 heavy (non-hydrogen) atoms. The van der Waals surface area contributed by atoms with Gasteiger partial charge in [0.05, 0.1) is 5.69 Å². The molecule has 104 valence electrons. The fraction of sp³-hybridized carbons (Fsp3) is 0.400. The third-order valence-corrected chi connectivity index (χ3v) is 3.94. The van der Waals surface area contributed by atoms with Gasteiger partial charge in [-0.1, -0.05) is 19.9 Å². The third kappa shape index (κ3) is 1.73. The van der Waals surface area contributed by atoms with E-state index in [1.807, 2.05) is 26.0 Å². The minimum absolute atomic E-state index is 0.138. The summed E-state index contributed by atoms with van der Waals surface area (Å²) in [7, 11) is 0. The SMILES string of the molecule is CC(C)[C@H](C(=O)O)N1Cc2ccnc3c2C(=CC3)C1=O. The number of amides is 1. The van der Waals surface area contributed by atoms with Crippen molar-refractivity contribution >= 4 is 17.4 Å². The monoisotopic (exact) mass is 272 g/mol. The normalized spacial score (nSPS) is 18.1. The molecule has 0 aromatic carbocycles. The summed E-state index contributed by atoms with van der Waals surface area (Å²) in [6, 6.07) is 1.07. The van der Waals surface area contributed by atoms with E-state index in [-0.39, 0.29) is 11.8 Å². The van der Waals surface area contributed by atoms with Crippen LogP contribution < -0.4 is 0 Å². The molecule has 1 aromatic rings. The molecular weight excluding hydrogens is 256 g/mol. The van der Waals surface area contributed by atoms with E-state index in [4.69, 9.17) is 0 Å². The Kier molecular flexibility index (Phi) is 2.85. The molecule has 1 aromatic heterocycles. The van der Waals surface area contributed by atoms with Crippen LogP contribution in [0.4, 0.5) is 0 Å². The molecule has 2 heterocycles. The molecular formula is C15H16N2O3. The quantitative estimate of drug-likeness (QED) is 0.904. The van der Waals surface area contributed by atoms with Gasteiger partial charge in [0.25, 0.3) is 5.91 Å². The first-order valence-electron chi connectivity index (χ1n) is 6.71. The maximum absolute atomic E-state index is 12.6. The average Bonchev–Trinajstić information content (AvgIpc) is 2.80. The Labute approximate surface area is 116 Å². The van der Waals surface area contributed by atoms with Crippen molar-refractivity contribution in [3.63, 3.8) is 0 Å². The van der Waals surface area contributed by atoms with Crippen LogP contribution in [-0.2, 0) is 22.6 Å². The van der Waals surface area contributed by atoms with Crippen LogP contribution in [0.5, 0.6) is 0 Å². The Balaban J connectivity index is 2.07. The Bertz CT molecular complexity index is 634. The molecule has 5 heteroatoms. The molecule has 0 saturated heterocycles. The molecule has 1 atom stereocenters. The second kappa shape index (κ2) is 4.44. The molecule has 0 unspecified atom stereocenters. The first kappa shape index (κ1) is 12.8. The fourth-order valence-corrected chi connectivity index (χ4v) is 3.07. The Morgan fingerprint density at radius 1 is 1.45 bits per heavy atom. The van der Waals surface area contributed by atoms with Crippen LogP contribution in [0.1, 0.15) is 30.7 Å². The molecule has 0 bridgehead atoms. The van der Waals surface area contributed by atoms with Gasteiger partial charge < -0.3 is 10.0 Å². The van der Waals surface area contributed by atoms with Gasteiger partial charge in [0.15, 0.2) is 0 Å². The topological polar surface area (TPSA) is 70.5 Å². The molecule has 3 rings (SSSR count). The van der Waals surface area contributed by atoms with Crippen molar-refractivity contribution < 1.29 is 14.7 Å². The highest BCUT2D eigenvalue weighted by atomic mass is 16.4. The van der Waals surface area contributed by atoms with E-state index in [1.165, 1.54) is 4.90 Å². The Morgan fingerprint density at radius 2 is 2.20 bits per heavy atom. The number of hydrogen-bond donors (Lipinski definition) is 1. The summed E-state index contributed by atoms with van der Waals surface area (Å²) in [4.78, 5) is 29.8. The van der Waals surface area contributed by atoms with E-state index in [9.17, 15) is 14.7 Å². The third-order valence-electron chi connectivity index (χ3n) is 3.94. The molecule has 0 fully saturated rings. The summed E-state index contributed by atoms with van der Waals surface area (Å²) in [6.45, 7) is 3.99. The summed E-state index contributed by atoms with van der Waals surface area (Å²) in [5.74, 6) is -1.28. The van der Waals surface area contributed by atoms with E-state index in [1.54, 1.807) is 6.20 Å². The van der Waals surface area contributed by atoms with Gasteiger partial charge in [0.1, 0.15) is 6.04 Å². The van der Waals surface area contributed by atoms with E-state index in [2.05, 4.69) is 4.98 Å². The molecule has 5 nitrogen and oxygen atoms in total. The smallest absolute Gasteiger partial charge is 0.326 e. The van der Waals surface area contributed by atoms with Crippen molar-refractivity contribution in [3.05, 3.63) is 35.2 Å². The van der Waals surface area contributed by atoms with Crippen LogP contribution in [0.25, 0.3) is 5.57 Å². The van der Waals surface area contributed by atoms with Crippen LogP contribution >= 0.6 is 0 Å². The van der Waals surface area contributed by atoms with Gasteiger partial charge in [-0.3, -0.25) is 9.78 Å². The van der Waals surface area contributed by atoms with Gasteiger partial charge in [-0.15, -0.1) is 0 Å². The molecule has 0 saturated carbocycles. The average molecular weight is 272 g/mol. The number of carbonyl (C=O) groups excluding carboxylic acids is 1. The Morgan fingerprint density at radius 3 is 2.85 bits per heavy atom. The number of carboxylic acid groups (broad SMARTS) is 1. The lowest BCUT2D eigenvalue weighted by Gasteiger charge is -2.35. The van der Waals surface area contributed by atoms with Crippen molar-refractivity contribution in [2.45, 2.75) is 32.9 Å². The molecule has 1 amide bonds. The van der Waals surface area contributed by atoms with Crippen molar-refractivity contribution in [1.29, 1.82) is 0 Å². The maximum atomic E-state index is 12.6. The van der Waals surface area contributed by atoms with Crippen molar-refractivity contribution in [2.24, 2.45) is 5.92 Å². The zero-order valence-electron chi connectivity index (χ0n) is 11.5. The highest BCUT2D eigenvalue weighted by Gasteiger charge is 2.39. The maximum Gasteiger partial charge on any atom is 0.326 e.